The maximum absolute atomic E-state index is 12.5. The fourth-order valence-electron chi connectivity index (χ4n) is 2.58. The van der Waals surface area contributed by atoms with Crippen LogP contribution in [0, 0.1) is 0 Å². The second-order valence-corrected chi connectivity index (χ2v) is 7.94. The fraction of sp³-hybridized carbons (Fsp3) is 0.105. The molecule has 160 valence electrons. The van der Waals surface area contributed by atoms with E-state index in [0.29, 0.717) is 31.1 Å². The molecule has 1 amide bonds. The molecule has 0 aliphatic heterocycles. The average Bonchev–Trinajstić information content (AvgIpc) is 3.33. The zero-order valence-electron chi connectivity index (χ0n) is 15.4. The van der Waals surface area contributed by atoms with E-state index in [1.165, 1.54) is 28.9 Å². The van der Waals surface area contributed by atoms with Gasteiger partial charge in [-0.3, -0.25) is 10.1 Å². The Morgan fingerprint density at radius 3 is 2.81 bits per heavy atom. The van der Waals surface area contributed by atoms with Crippen LogP contribution >= 0.6 is 34.5 Å². The summed E-state index contributed by atoms with van der Waals surface area (Å²) in [5, 5.41) is 7.94. The zero-order valence-corrected chi connectivity index (χ0v) is 17.7. The molecule has 0 aliphatic carbocycles. The van der Waals surface area contributed by atoms with Crippen LogP contribution in [-0.2, 0) is 6.73 Å². The lowest BCUT2D eigenvalue weighted by Crippen LogP contribution is -2.14. The van der Waals surface area contributed by atoms with Crippen molar-refractivity contribution in [3.05, 3.63) is 64.4 Å². The summed E-state index contributed by atoms with van der Waals surface area (Å²) in [5.41, 5.74) is 0.687. The Bertz CT molecular complexity index is 1250. The summed E-state index contributed by atoms with van der Waals surface area (Å²) in [6, 6.07) is 10.7. The highest BCUT2D eigenvalue weighted by Crippen LogP contribution is 2.30. The molecule has 7 nitrogen and oxygen atoms in total. The number of hydrogen-bond acceptors (Lipinski definition) is 6. The van der Waals surface area contributed by atoms with Gasteiger partial charge in [-0.25, -0.2) is 9.67 Å². The molecule has 1 N–H and O–H groups in total. The Morgan fingerprint density at radius 1 is 1.19 bits per heavy atom. The van der Waals surface area contributed by atoms with Crippen molar-refractivity contribution in [2.24, 2.45) is 0 Å². The number of fused-ring (bicyclic) bond motifs is 1. The molecular weight excluding hydrogens is 473 g/mol. The van der Waals surface area contributed by atoms with Gasteiger partial charge in [-0.2, -0.15) is 13.9 Å². The molecule has 0 radical (unpaired) electrons. The van der Waals surface area contributed by atoms with Crippen LogP contribution in [0.2, 0.25) is 10.0 Å². The standard InChI is InChI=1S/C19H12Cl2F2N4O3S/c20-10-1-4-15(12(21)7-10)29-9-27-6-5-14(26-27)17(28)25-19-24-13-3-2-11(30-18(22)23)8-16(13)31-19/h1-8,18H,9H2,(H,24,25,28). The van der Waals surface area contributed by atoms with E-state index in [4.69, 9.17) is 27.9 Å². The highest BCUT2D eigenvalue weighted by Gasteiger charge is 2.14. The zero-order chi connectivity index (χ0) is 22.0. The van der Waals surface area contributed by atoms with Crippen molar-refractivity contribution in [1.82, 2.24) is 14.8 Å². The van der Waals surface area contributed by atoms with E-state index in [9.17, 15) is 13.6 Å². The first-order valence-corrected chi connectivity index (χ1v) is 10.2. The molecule has 0 bridgehead atoms. The van der Waals surface area contributed by atoms with Crippen molar-refractivity contribution in [2.75, 3.05) is 5.32 Å². The first-order valence-electron chi connectivity index (χ1n) is 8.65. The number of aromatic nitrogens is 3. The van der Waals surface area contributed by atoms with E-state index in [-0.39, 0.29) is 18.2 Å². The Morgan fingerprint density at radius 2 is 2.03 bits per heavy atom. The van der Waals surface area contributed by atoms with Crippen LogP contribution in [0.5, 0.6) is 11.5 Å². The number of alkyl halides is 2. The van der Waals surface area contributed by atoms with Gasteiger partial charge in [0.1, 0.15) is 11.5 Å². The predicted octanol–water partition coefficient (Wildman–Crippen LogP) is 5.69. The smallest absolute Gasteiger partial charge is 0.387 e. The van der Waals surface area contributed by atoms with Crippen molar-refractivity contribution in [3.63, 3.8) is 0 Å². The first-order chi connectivity index (χ1) is 14.9. The molecule has 4 aromatic rings. The Balaban J connectivity index is 1.40. The van der Waals surface area contributed by atoms with Gasteiger partial charge in [0.25, 0.3) is 5.91 Å². The normalized spacial score (nSPS) is 11.1. The summed E-state index contributed by atoms with van der Waals surface area (Å²) in [5.74, 6) is -0.0350. The highest BCUT2D eigenvalue weighted by atomic mass is 35.5. The van der Waals surface area contributed by atoms with Crippen LogP contribution < -0.4 is 14.8 Å². The molecule has 0 saturated carbocycles. The molecule has 0 fully saturated rings. The SMILES string of the molecule is O=C(Nc1nc2ccc(OC(F)F)cc2s1)c1ccn(COc2ccc(Cl)cc2Cl)n1. The third kappa shape index (κ3) is 5.22. The number of hydrogen-bond donors (Lipinski definition) is 1. The molecule has 0 atom stereocenters. The van der Waals surface area contributed by atoms with Crippen molar-refractivity contribution >= 4 is 55.8 Å². The van der Waals surface area contributed by atoms with Crippen LogP contribution in [0.3, 0.4) is 0 Å². The third-order valence-corrected chi connectivity index (χ3v) is 5.39. The summed E-state index contributed by atoms with van der Waals surface area (Å²) in [6.07, 6.45) is 1.57. The molecule has 2 aromatic heterocycles. The van der Waals surface area contributed by atoms with Crippen LogP contribution in [0.25, 0.3) is 10.2 Å². The molecule has 2 aromatic carbocycles. The van der Waals surface area contributed by atoms with E-state index in [1.807, 2.05) is 0 Å². The molecule has 0 unspecified atom stereocenters. The van der Waals surface area contributed by atoms with Crippen molar-refractivity contribution in [1.29, 1.82) is 0 Å². The van der Waals surface area contributed by atoms with Crippen LogP contribution in [0.15, 0.2) is 48.7 Å². The summed E-state index contributed by atoms with van der Waals surface area (Å²) in [4.78, 5) is 16.7. The number of anilines is 1. The molecule has 4 rings (SSSR count). The number of benzene rings is 2. The highest BCUT2D eigenvalue weighted by molar-refractivity contribution is 7.22. The minimum Gasteiger partial charge on any atom is -0.470 e. The maximum atomic E-state index is 12.5. The molecule has 31 heavy (non-hydrogen) atoms. The van der Waals surface area contributed by atoms with Gasteiger partial charge in [-0.1, -0.05) is 34.5 Å². The summed E-state index contributed by atoms with van der Waals surface area (Å²) in [6.45, 7) is -2.89. The van der Waals surface area contributed by atoms with Gasteiger partial charge in [-0.05, 0) is 42.5 Å². The molecule has 0 saturated heterocycles. The fourth-order valence-corrected chi connectivity index (χ4v) is 3.93. The maximum Gasteiger partial charge on any atom is 0.387 e. The van der Waals surface area contributed by atoms with E-state index >= 15 is 0 Å². The molecule has 0 spiro atoms. The van der Waals surface area contributed by atoms with Crippen LogP contribution in [0.1, 0.15) is 10.5 Å². The van der Waals surface area contributed by atoms with Gasteiger partial charge in [-0.15, -0.1) is 0 Å². The number of amides is 1. The Kier molecular flexibility index (Phi) is 6.21. The second-order valence-electron chi connectivity index (χ2n) is 6.07. The third-order valence-electron chi connectivity index (χ3n) is 3.93. The number of rotatable bonds is 7. The lowest BCUT2D eigenvalue weighted by Gasteiger charge is -2.08. The number of carbonyl (C=O) groups is 1. The number of nitrogens with one attached hydrogen (secondary N) is 1. The first kappa shape index (κ1) is 21.3. The topological polar surface area (TPSA) is 78.3 Å². The van der Waals surface area contributed by atoms with Crippen molar-refractivity contribution in [2.45, 2.75) is 13.3 Å². The van der Waals surface area contributed by atoms with E-state index in [0.717, 1.165) is 11.3 Å². The quantitative estimate of drug-likeness (QED) is 0.364. The molecule has 12 heteroatoms. The Labute approximate surface area is 188 Å². The van der Waals surface area contributed by atoms with E-state index < -0.39 is 12.5 Å². The summed E-state index contributed by atoms with van der Waals surface area (Å²) >= 11 is 13.0. The summed E-state index contributed by atoms with van der Waals surface area (Å²) in [7, 11) is 0. The number of ether oxygens (including phenoxy) is 2. The lowest BCUT2D eigenvalue weighted by atomic mass is 10.3. The number of halogens is 4. The minimum absolute atomic E-state index is 0.0172. The van der Waals surface area contributed by atoms with E-state index in [1.54, 1.807) is 24.4 Å². The van der Waals surface area contributed by atoms with Gasteiger partial charge in [0.2, 0.25) is 0 Å². The monoisotopic (exact) mass is 484 g/mol. The Hall–Kier alpha value is -2.95. The van der Waals surface area contributed by atoms with Gasteiger partial charge in [0.05, 0.1) is 15.2 Å². The minimum atomic E-state index is -2.92. The average molecular weight is 485 g/mol. The van der Waals surface area contributed by atoms with Crippen LogP contribution in [-0.4, -0.2) is 27.3 Å². The van der Waals surface area contributed by atoms with Crippen molar-refractivity contribution in [3.8, 4) is 11.5 Å². The molecule has 0 aliphatic rings. The second kappa shape index (κ2) is 9.04. The van der Waals surface area contributed by atoms with Gasteiger partial charge >= 0.3 is 6.61 Å². The van der Waals surface area contributed by atoms with Gasteiger partial charge in [0, 0.05) is 11.2 Å². The van der Waals surface area contributed by atoms with Crippen LogP contribution in [0.4, 0.5) is 13.9 Å². The lowest BCUT2D eigenvalue weighted by molar-refractivity contribution is -0.0497. The van der Waals surface area contributed by atoms with Gasteiger partial charge in [0.15, 0.2) is 17.6 Å². The van der Waals surface area contributed by atoms with E-state index in [2.05, 4.69) is 20.1 Å². The molecule has 2 heterocycles. The van der Waals surface area contributed by atoms with Gasteiger partial charge < -0.3 is 9.47 Å². The number of thiazole rings is 1. The largest absolute Gasteiger partial charge is 0.470 e. The number of carbonyl (C=O) groups excluding carboxylic acids is 1. The predicted molar refractivity (Wildman–Crippen MR) is 114 cm³/mol. The van der Waals surface area contributed by atoms with Crippen molar-refractivity contribution < 1.29 is 23.0 Å². The number of nitrogens with zero attached hydrogens (tertiary/aromatic N) is 3. The molecular formula is C19H12Cl2F2N4O3S. The summed E-state index contributed by atoms with van der Waals surface area (Å²) < 4.78 is 36.7.